The van der Waals surface area contributed by atoms with E-state index in [2.05, 4.69) is 15.5 Å². The Balaban J connectivity index is 1.94. The maximum atomic E-state index is 11.4. The van der Waals surface area contributed by atoms with Crippen molar-refractivity contribution in [2.45, 2.75) is 12.8 Å². The molecule has 16 heavy (non-hydrogen) atoms. The van der Waals surface area contributed by atoms with Gasteiger partial charge in [0.25, 0.3) is 0 Å². The Labute approximate surface area is 97.5 Å². The second kappa shape index (κ2) is 8.50. The lowest BCUT2D eigenvalue weighted by molar-refractivity contribution is -0.121. The number of nitrogens with zero attached hydrogens (tertiary/aromatic N) is 1. The van der Waals surface area contributed by atoms with Crippen molar-refractivity contribution in [3.8, 4) is 0 Å². The van der Waals surface area contributed by atoms with Crippen molar-refractivity contribution in [3.63, 3.8) is 0 Å². The summed E-state index contributed by atoms with van der Waals surface area (Å²) in [5.74, 6) is 0.156. The highest BCUT2D eigenvalue weighted by Crippen LogP contribution is 1.95. The molecule has 0 radical (unpaired) electrons. The number of hydrogen-bond donors (Lipinski definition) is 2. The summed E-state index contributed by atoms with van der Waals surface area (Å²) in [6.45, 7) is 6.17. The van der Waals surface area contributed by atoms with Crippen LogP contribution in [0, 0.1) is 0 Å². The maximum absolute atomic E-state index is 11.4. The van der Waals surface area contributed by atoms with Gasteiger partial charge in [-0.2, -0.15) is 0 Å². The van der Waals surface area contributed by atoms with Crippen LogP contribution in [0.5, 0.6) is 0 Å². The minimum absolute atomic E-state index is 0.156. The summed E-state index contributed by atoms with van der Waals surface area (Å²) < 4.78 is 5.26. The molecule has 1 amide bonds. The number of hydrogen-bond acceptors (Lipinski definition) is 4. The minimum atomic E-state index is 0.156. The lowest BCUT2D eigenvalue weighted by Crippen LogP contribution is -2.41. The van der Waals surface area contributed by atoms with Crippen LogP contribution >= 0.6 is 0 Å². The first-order valence-electron chi connectivity index (χ1n) is 6.04. The van der Waals surface area contributed by atoms with E-state index in [-0.39, 0.29) is 5.91 Å². The van der Waals surface area contributed by atoms with E-state index in [1.165, 1.54) is 0 Å². The Morgan fingerprint density at radius 3 is 2.75 bits per heavy atom. The van der Waals surface area contributed by atoms with Crippen molar-refractivity contribution in [1.29, 1.82) is 0 Å². The molecular weight excluding hydrogens is 206 g/mol. The molecule has 2 N–H and O–H groups in total. The van der Waals surface area contributed by atoms with Crippen LogP contribution in [0.15, 0.2) is 0 Å². The van der Waals surface area contributed by atoms with Crippen molar-refractivity contribution in [2.75, 3.05) is 53.0 Å². The van der Waals surface area contributed by atoms with E-state index in [9.17, 15) is 4.79 Å². The van der Waals surface area contributed by atoms with Crippen molar-refractivity contribution >= 4 is 5.91 Å². The molecule has 1 heterocycles. The van der Waals surface area contributed by atoms with Gasteiger partial charge in [-0.25, -0.2) is 0 Å². The summed E-state index contributed by atoms with van der Waals surface area (Å²) >= 11 is 0. The SMILES string of the molecule is CNCCCC(=O)NCCN1CCOCC1. The van der Waals surface area contributed by atoms with Gasteiger partial charge in [-0.1, -0.05) is 0 Å². The molecular formula is C11H23N3O2. The van der Waals surface area contributed by atoms with E-state index in [4.69, 9.17) is 4.74 Å². The monoisotopic (exact) mass is 229 g/mol. The van der Waals surface area contributed by atoms with Crippen LogP contribution in [0.25, 0.3) is 0 Å². The van der Waals surface area contributed by atoms with E-state index < -0.39 is 0 Å². The van der Waals surface area contributed by atoms with Gasteiger partial charge in [0.2, 0.25) is 5.91 Å². The second-order valence-electron chi connectivity index (χ2n) is 4.01. The first-order chi connectivity index (χ1) is 7.83. The number of nitrogens with one attached hydrogen (secondary N) is 2. The van der Waals surface area contributed by atoms with Crippen LogP contribution in [-0.2, 0) is 9.53 Å². The summed E-state index contributed by atoms with van der Waals surface area (Å²) in [5, 5.41) is 5.97. The van der Waals surface area contributed by atoms with E-state index >= 15 is 0 Å². The smallest absolute Gasteiger partial charge is 0.220 e. The zero-order valence-electron chi connectivity index (χ0n) is 10.1. The van der Waals surface area contributed by atoms with Crippen molar-refractivity contribution in [2.24, 2.45) is 0 Å². The molecule has 1 aliphatic heterocycles. The Hall–Kier alpha value is -0.650. The van der Waals surface area contributed by atoms with Gasteiger partial charge >= 0.3 is 0 Å². The molecule has 0 aromatic carbocycles. The second-order valence-corrected chi connectivity index (χ2v) is 4.01. The molecule has 0 spiro atoms. The van der Waals surface area contributed by atoms with E-state index in [1.54, 1.807) is 0 Å². The van der Waals surface area contributed by atoms with E-state index in [0.717, 1.165) is 52.4 Å². The van der Waals surface area contributed by atoms with Gasteiger partial charge in [-0.15, -0.1) is 0 Å². The lowest BCUT2D eigenvalue weighted by Gasteiger charge is -2.26. The van der Waals surface area contributed by atoms with Gasteiger partial charge in [0, 0.05) is 32.6 Å². The number of rotatable bonds is 7. The first-order valence-corrected chi connectivity index (χ1v) is 6.04. The average Bonchev–Trinajstić information content (AvgIpc) is 2.31. The molecule has 5 heteroatoms. The minimum Gasteiger partial charge on any atom is -0.379 e. The maximum Gasteiger partial charge on any atom is 0.220 e. The number of amides is 1. The molecule has 0 aromatic heterocycles. The van der Waals surface area contributed by atoms with Gasteiger partial charge < -0.3 is 15.4 Å². The number of ether oxygens (including phenoxy) is 1. The lowest BCUT2D eigenvalue weighted by atomic mass is 10.3. The van der Waals surface area contributed by atoms with Crippen LogP contribution in [0.3, 0.4) is 0 Å². The molecule has 1 rings (SSSR count). The Bertz CT molecular complexity index is 194. The molecule has 0 saturated carbocycles. The summed E-state index contributed by atoms with van der Waals surface area (Å²) in [5.41, 5.74) is 0. The summed E-state index contributed by atoms with van der Waals surface area (Å²) in [7, 11) is 1.90. The zero-order valence-corrected chi connectivity index (χ0v) is 10.1. The standard InChI is InChI=1S/C11H23N3O2/c1-12-4-2-3-11(15)13-5-6-14-7-9-16-10-8-14/h12H,2-10H2,1H3,(H,13,15). The molecule has 0 aliphatic carbocycles. The molecule has 1 saturated heterocycles. The number of carbonyl (C=O) groups is 1. The largest absolute Gasteiger partial charge is 0.379 e. The van der Waals surface area contributed by atoms with Crippen LogP contribution in [0.4, 0.5) is 0 Å². The third-order valence-corrected chi connectivity index (χ3v) is 2.68. The summed E-state index contributed by atoms with van der Waals surface area (Å²) in [6.07, 6.45) is 1.52. The Morgan fingerprint density at radius 2 is 2.06 bits per heavy atom. The molecule has 0 bridgehead atoms. The molecule has 1 aliphatic rings. The summed E-state index contributed by atoms with van der Waals surface area (Å²) in [6, 6.07) is 0. The fourth-order valence-corrected chi connectivity index (χ4v) is 1.69. The predicted molar refractivity (Wildman–Crippen MR) is 63.4 cm³/mol. The molecule has 0 aromatic rings. The molecule has 0 atom stereocenters. The van der Waals surface area contributed by atoms with Gasteiger partial charge in [0.05, 0.1) is 13.2 Å². The van der Waals surface area contributed by atoms with E-state index in [1.807, 2.05) is 7.05 Å². The highest BCUT2D eigenvalue weighted by atomic mass is 16.5. The Morgan fingerprint density at radius 1 is 1.31 bits per heavy atom. The van der Waals surface area contributed by atoms with Crippen LogP contribution in [0.1, 0.15) is 12.8 Å². The van der Waals surface area contributed by atoms with Crippen molar-refractivity contribution in [1.82, 2.24) is 15.5 Å². The molecule has 0 unspecified atom stereocenters. The van der Waals surface area contributed by atoms with Crippen molar-refractivity contribution in [3.05, 3.63) is 0 Å². The van der Waals surface area contributed by atoms with Crippen molar-refractivity contribution < 1.29 is 9.53 Å². The highest BCUT2D eigenvalue weighted by molar-refractivity contribution is 5.75. The fourth-order valence-electron chi connectivity index (χ4n) is 1.69. The zero-order chi connectivity index (χ0) is 11.6. The number of morpholine rings is 1. The van der Waals surface area contributed by atoms with Crippen LogP contribution in [0.2, 0.25) is 0 Å². The third kappa shape index (κ3) is 6.05. The average molecular weight is 229 g/mol. The first kappa shape index (κ1) is 13.4. The van der Waals surface area contributed by atoms with Gasteiger partial charge in [0.15, 0.2) is 0 Å². The predicted octanol–water partition coefficient (Wildman–Crippen LogP) is -0.566. The van der Waals surface area contributed by atoms with Gasteiger partial charge in [-0.3, -0.25) is 9.69 Å². The van der Waals surface area contributed by atoms with E-state index in [0.29, 0.717) is 6.42 Å². The normalized spacial score (nSPS) is 17.3. The van der Waals surface area contributed by atoms with Crippen LogP contribution in [-0.4, -0.2) is 63.8 Å². The number of carbonyl (C=O) groups excluding carboxylic acids is 1. The van der Waals surface area contributed by atoms with Gasteiger partial charge in [-0.05, 0) is 20.0 Å². The quantitative estimate of drug-likeness (QED) is 0.574. The fraction of sp³-hybridized carbons (Fsp3) is 0.909. The topological polar surface area (TPSA) is 53.6 Å². The Kier molecular flexibility index (Phi) is 7.12. The molecule has 5 nitrogen and oxygen atoms in total. The molecule has 94 valence electrons. The van der Waals surface area contributed by atoms with Crippen LogP contribution < -0.4 is 10.6 Å². The molecule has 1 fully saturated rings. The third-order valence-electron chi connectivity index (χ3n) is 2.68. The highest BCUT2D eigenvalue weighted by Gasteiger charge is 2.09. The van der Waals surface area contributed by atoms with Gasteiger partial charge in [0.1, 0.15) is 0 Å². The summed E-state index contributed by atoms with van der Waals surface area (Å²) in [4.78, 5) is 13.7.